The fraction of sp³-hybridized carbons (Fsp3) is 0.286. The minimum Gasteiger partial charge on any atom is -0.495 e. The minimum absolute atomic E-state index is 0.124. The number of nitrogens with one attached hydrogen (secondary N) is 1. The van der Waals surface area contributed by atoms with Gasteiger partial charge < -0.3 is 14.5 Å². The number of carbonyl (C=O) groups excluding carboxylic acids is 1. The van der Waals surface area contributed by atoms with E-state index in [1.807, 2.05) is 50.1 Å². The summed E-state index contributed by atoms with van der Waals surface area (Å²) in [7, 11) is 3.35. The molecule has 0 saturated carbocycles. The van der Waals surface area contributed by atoms with E-state index < -0.39 is 0 Å². The maximum absolute atomic E-state index is 12.5. The normalized spacial score (nSPS) is 12.1. The lowest BCUT2D eigenvalue weighted by atomic mass is 10.1. The standard InChI is InChI=1S/C21H23ClN4O3/c1-13-6-5-7-15(10-13)21-25-24-20(29-21)14(2)26(3)12-19(27)23-17-11-16(22)8-9-18(17)28-4/h5-11,14H,12H2,1-4H3,(H,23,27)/t14-/m0/s1. The highest BCUT2D eigenvalue weighted by molar-refractivity contribution is 6.31. The lowest BCUT2D eigenvalue weighted by Gasteiger charge is -2.21. The van der Waals surface area contributed by atoms with Crippen LogP contribution in [0, 0.1) is 6.92 Å². The maximum atomic E-state index is 12.5. The first kappa shape index (κ1) is 20.8. The molecular weight excluding hydrogens is 392 g/mol. The molecule has 0 aliphatic carbocycles. The van der Waals surface area contributed by atoms with Gasteiger partial charge in [-0.3, -0.25) is 9.69 Å². The van der Waals surface area contributed by atoms with Crippen molar-refractivity contribution in [3.63, 3.8) is 0 Å². The Kier molecular flexibility index (Phi) is 6.51. The molecule has 0 spiro atoms. The zero-order chi connectivity index (χ0) is 21.0. The van der Waals surface area contributed by atoms with Crippen molar-refractivity contribution in [1.82, 2.24) is 15.1 Å². The minimum atomic E-state index is -0.243. The van der Waals surface area contributed by atoms with Gasteiger partial charge in [0.25, 0.3) is 0 Å². The zero-order valence-electron chi connectivity index (χ0n) is 16.8. The number of halogens is 1. The van der Waals surface area contributed by atoms with Crippen molar-refractivity contribution in [2.45, 2.75) is 19.9 Å². The van der Waals surface area contributed by atoms with E-state index in [-0.39, 0.29) is 18.5 Å². The number of ether oxygens (including phenoxy) is 1. The quantitative estimate of drug-likeness (QED) is 0.619. The molecule has 0 aliphatic rings. The molecule has 2 aromatic carbocycles. The zero-order valence-corrected chi connectivity index (χ0v) is 17.5. The van der Waals surface area contributed by atoms with Gasteiger partial charge in [0, 0.05) is 10.6 Å². The monoisotopic (exact) mass is 414 g/mol. The van der Waals surface area contributed by atoms with E-state index in [0.29, 0.717) is 28.2 Å². The Morgan fingerprint density at radius 3 is 2.79 bits per heavy atom. The van der Waals surface area contributed by atoms with Crippen molar-refractivity contribution >= 4 is 23.2 Å². The molecule has 0 radical (unpaired) electrons. The summed E-state index contributed by atoms with van der Waals surface area (Å²) in [5, 5.41) is 11.6. The van der Waals surface area contributed by atoms with Gasteiger partial charge in [-0.1, -0.05) is 29.3 Å². The summed E-state index contributed by atoms with van der Waals surface area (Å²) in [6.45, 7) is 4.03. The summed E-state index contributed by atoms with van der Waals surface area (Å²) in [4.78, 5) is 14.3. The first-order chi connectivity index (χ1) is 13.9. The summed E-state index contributed by atoms with van der Waals surface area (Å²) in [5.74, 6) is 1.23. The Labute approximate surface area is 174 Å². The van der Waals surface area contributed by atoms with Crippen molar-refractivity contribution < 1.29 is 13.9 Å². The molecule has 0 bridgehead atoms. The highest BCUT2D eigenvalue weighted by atomic mass is 35.5. The summed E-state index contributed by atoms with van der Waals surface area (Å²) < 4.78 is 11.1. The van der Waals surface area contributed by atoms with E-state index in [2.05, 4.69) is 15.5 Å². The highest BCUT2D eigenvalue weighted by Crippen LogP contribution is 2.28. The molecule has 1 atom stereocenters. The van der Waals surface area contributed by atoms with Gasteiger partial charge >= 0.3 is 0 Å². The average Bonchev–Trinajstić information content (AvgIpc) is 3.17. The van der Waals surface area contributed by atoms with Gasteiger partial charge in [0.15, 0.2) is 0 Å². The molecule has 0 fully saturated rings. The van der Waals surface area contributed by atoms with E-state index in [4.69, 9.17) is 20.8 Å². The van der Waals surface area contributed by atoms with Crippen molar-refractivity contribution in [3.05, 3.63) is 58.9 Å². The average molecular weight is 415 g/mol. The number of hydrogen-bond acceptors (Lipinski definition) is 6. The van der Waals surface area contributed by atoms with E-state index >= 15 is 0 Å². The summed E-state index contributed by atoms with van der Waals surface area (Å²) in [6, 6.07) is 12.7. The first-order valence-electron chi connectivity index (χ1n) is 9.11. The third-order valence-electron chi connectivity index (χ3n) is 4.55. The Balaban J connectivity index is 1.65. The predicted octanol–water partition coefficient (Wildman–Crippen LogP) is 4.34. The molecule has 0 unspecified atom stereocenters. The van der Waals surface area contributed by atoms with Crippen LogP contribution in [0.2, 0.25) is 5.02 Å². The summed E-state index contributed by atoms with van der Waals surface area (Å²) in [5.41, 5.74) is 2.50. The van der Waals surface area contributed by atoms with Crippen LogP contribution in [0.3, 0.4) is 0 Å². The van der Waals surface area contributed by atoms with Crippen LogP contribution in [0.25, 0.3) is 11.5 Å². The molecule has 0 aliphatic heterocycles. The second-order valence-corrected chi connectivity index (χ2v) is 7.24. The van der Waals surface area contributed by atoms with Gasteiger partial charge in [0.2, 0.25) is 17.7 Å². The highest BCUT2D eigenvalue weighted by Gasteiger charge is 2.21. The molecule has 152 valence electrons. The van der Waals surface area contributed by atoms with Gasteiger partial charge in [-0.05, 0) is 51.2 Å². The number of methoxy groups -OCH3 is 1. The lowest BCUT2D eigenvalue weighted by Crippen LogP contribution is -2.32. The Morgan fingerprint density at radius 1 is 1.28 bits per heavy atom. The smallest absolute Gasteiger partial charge is 0.247 e. The number of amides is 1. The van der Waals surface area contributed by atoms with Crippen LogP contribution in [0.1, 0.15) is 24.4 Å². The van der Waals surface area contributed by atoms with Gasteiger partial charge in [-0.25, -0.2) is 0 Å². The second kappa shape index (κ2) is 9.07. The van der Waals surface area contributed by atoms with Crippen LogP contribution < -0.4 is 10.1 Å². The Morgan fingerprint density at radius 2 is 2.07 bits per heavy atom. The van der Waals surface area contributed by atoms with Crippen LogP contribution in [-0.4, -0.2) is 41.7 Å². The van der Waals surface area contributed by atoms with Gasteiger partial charge in [-0.2, -0.15) is 0 Å². The SMILES string of the molecule is COc1ccc(Cl)cc1NC(=O)CN(C)[C@@H](C)c1nnc(-c2cccc(C)c2)o1. The number of likely N-dealkylation sites (N-methyl/N-ethyl adjacent to an activating group) is 1. The predicted molar refractivity (Wildman–Crippen MR) is 112 cm³/mol. The van der Waals surface area contributed by atoms with Crippen LogP contribution in [-0.2, 0) is 4.79 Å². The van der Waals surface area contributed by atoms with E-state index in [9.17, 15) is 4.79 Å². The molecule has 0 saturated heterocycles. The third-order valence-corrected chi connectivity index (χ3v) is 4.79. The van der Waals surface area contributed by atoms with E-state index in [1.54, 1.807) is 18.2 Å². The molecule has 1 aromatic heterocycles. The van der Waals surface area contributed by atoms with Crippen LogP contribution in [0.4, 0.5) is 5.69 Å². The number of nitrogens with zero attached hydrogens (tertiary/aromatic N) is 3. The van der Waals surface area contributed by atoms with E-state index in [1.165, 1.54) is 7.11 Å². The molecule has 1 N–H and O–H groups in total. The number of hydrogen-bond donors (Lipinski definition) is 1. The number of benzene rings is 2. The van der Waals surface area contributed by atoms with Crippen LogP contribution in [0.15, 0.2) is 46.9 Å². The van der Waals surface area contributed by atoms with Crippen molar-refractivity contribution in [1.29, 1.82) is 0 Å². The van der Waals surface area contributed by atoms with Gasteiger partial charge in [-0.15, -0.1) is 10.2 Å². The van der Waals surface area contributed by atoms with Crippen molar-refractivity contribution in [3.8, 4) is 17.2 Å². The fourth-order valence-corrected chi connectivity index (χ4v) is 2.99. The largest absolute Gasteiger partial charge is 0.495 e. The van der Waals surface area contributed by atoms with Crippen molar-refractivity contribution in [2.24, 2.45) is 0 Å². The Bertz CT molecular complexity index is 1010. The van der Waals surface area contributed by atoms with Gasteiger partial charge in [0.1, 0.15) is 5.75 Å². The number of anilines is 1. The molecule has 7 nitrogen and oxygen atoms in total. The second-order valence-electron chi connectivity index (χ2n) is 6.80. The molecule has 1 amide bonds. The lowest BCUT2D eigenvalue weighted by molar-refractivity contribution is -0.117. The van der Waals surface area contributed by atoms with Gasteiger partial charge in [0.05, 0.1) is 25.4 Å². The molecule has 3 rings (SSSR count). The number of aryl methyl sites for hydroxylation is 1. The summed E-state index contributed by atoms with van der Waals surface area (Å²) >= 11 is 6.01. The topological polar surface area (TPSA) is 80.5 Å². The molecule has 8 heteroatoms. The third kappa shape index (κ3) is 5.13. The molecule has 3 aromatic rings. The van der Waals surface area contributed by atoms with Crippen LogP contribution in [0.5, 0.6) is 5.75 Å². The van der Waals surface area contributed by atoms with Crippen molar-refractivity contribution in [2.75, 3.05) is 26.0 Å². The maximum Gasteiger partial charge on any atom is 0.247 e. The molecular formula is C21H23ClN4O3. The number of rotatable bonds is 7. The van der Waals surface area contributed by atoms with Crippen LogP contribution >= 0.6 is 11.6 Å². The number of aromatic nitrogens is 2. The summed E-state index contributed by atoms with van der Waals surface area (Å²) in [6.07, 6.45) is 0. The Hall–Kier alpha value is -2.90. The molecule has 1 heterocycles. The first-order valence-corrected chi connectivity index (χ1v) is 9.49. The fourth-order valence-electron chi connectivity index (χ4n) is 2.82. The number of carbonyl (C=O) groups is 1. The van der Waals surface area contributed by atoms with E-state index in [0.717, 1.165) is 11.1 Å². The molecule has 29 heavy (non-hydrogen) atoms.